The Morgan fingerprint density at radius 2 is 1.62 bits per heavy atom. The predicted molar refractivity (Wildman–Crippen MR) is 134 cm³/mol. The second-order valence-electron chi connectivity index (χ2n) is 9.27. The summed E-state index contributed by atoms with van der Waals surface area (Å²) < 4.78 is 10.6. The van der Waals surface area contributed by atoms with Crippen LogP contribution >= 0.6 is 0 Å². The van der Waals surface area contributed by atoms with E-state index in [1.807, 2.05) is 23.1 Å². The number of carbonyl (C=O) groups is 2. The molecule has 2 aliphatic rings. The van der Waals surface area contributed by atoms with Crippen LogP contribution in [0, 0.1) is 5.92 Å². The van der Waals surface area contributed by atoms with Crippen LogP contribution in [0.5, 0.6) is 11.5 Å². The first-order valence-corrected chi connectivity index (χ1v) is 12.2. The number of piperidine rings is 2. The smallest absolute Gasteiger partial charge is 0.259 e. The average molecular weight is 466 g/mol. The van der Waals surface area contributed by atoms with Crippen LogP contribution in [0.3, 0.4) is 0 Å². The van der Waals surface area contributed by atoms with Crippen LogP contribution in [-0.4, -0.2) is 57.1 Å². The Labute approximate surface area is 202 Å². The van der Waals surface area contributed by atoms with Gasteiger partial charge < -0.3 is 24.6 Å². The molecule has 2 aliphatic heterocycles. The molecular weight excluding hydrogens is 430 g/mol. The third-order valence-electron chi connectivity index (χ3n) is 6.91. The Bertz CT molecular complexity index is 1020. The van der Waals surface area contributed by atoms with E-state index in [2.05, 4.69) is 17.1 Å². The summed E-state index contributed by atoms with van der Waals surface area (Å²) in [6.45, 7) is 5.74. The van der Waals surface area contributed by atoms with E-state index >= 15 is 0 Å². The Hall–Kier alpha value is -3.22. The van der Waals surface area contributed by atoms with Gasteiger partial charge in [0.25, 0.3) is 11.8 Å². The Kier molecular flexibility index (Phi) is 7.60. The maximum atomic E-state index is 13.6. The molecule has 0 aromatic heterocycles. The molecule has 2 aromatic carbocycles. The molecule has 0 aliphatic carbocycles. The van der Waals surface area contributed by atoms with Crippen molar-refractivity contribution in [2.45, 2.75) is 39.0 Å². The standard InChI is InChI=1S/C27H35N3O4/c1-19-11-15-29(16-12-19)24-10-7-20(17-23(24)27(32)30-13-5-4-6-14-30)28-26(31)22-9-8-21(33-2)18-25(22)34-3/h7-10,17-19H,4-6,11-16H2,1-3H3,(H,28,31). The minimum atomic E-state index is -0.296. The molecule has 7 heteroatoms. The van der Waals surface area contributed by atoms with Gasteiger partial charge in [-0.05, 0) is 68.4 Å². The van der Waals surface area contributed by atoms with Crippen molar-refractivity contribution in [1.82, 2.24) is 4.90 Å². The number of hydrogen-bond acceptors (Lipinski definition) is 5. The highest BCUT2D eigenvalue weighted by molar-refractivity contribution is 6.08. The first kappa shape index (κ1) is 23.9. The molecule has 34 heavy (non-hydrogen) atoms. The summed E-state index contributed by atoms with van der Waals surface area (Å²) >= 11 is 0. The molecule has 0 saturated carbocycles. The number of benzene rings is 2. The van der Waals surface area contributed by atoms with Gasteiger partial charge in [0, 0.05) is 43.6 Å². The molecule has 0 bridgehead atoms. The van der Waals surface area contributed by atoms with Gasteiger partial charge in [0.15, 0.2) is 0 Å². The van der Waals surface area contributed by atoms with Gasteiger partial charge in [-0.25, -0.2) is 0 Å². The van der Waals surface area contributed by atoms with Crippen molar-refractivity contribution in [1.29, 1.82) is 0 Å². The first-order valence-electron chi connectivity index (χ1n) is 12.2. The van der Waals surface area contributed by atoms with Gasteiger partial charge in [-0.3, -0.25) is 9.59 Å². The van der Waals surface area contributed by atoms with Crippen LogP contribution in [-0.2, 0) is 0 Å². The molecule has 2 heterocycles. The number of nitrogens with one attached hydrogen (secondary N) is 1. The van der Waals surface area contributed by atoms with Crippen molar-refractivity contribution in [3.63, 3.8) is 0 Å². The van der Waals surface area contributed by atoms with Crippen LogP contribution in [0.15, 0.2) is 36.4 Å². The van der Waals surface area contributed by atoms with Gasteiger partial charge in [0.2, 0.25) is 0 Å². The molecule has 2 fully saturated rings. The maximum Gasteiger partial charge on any atom is 0.259 e. The van der Waals surface area contributed by atoms with Crippen molar-refractivity contribution in [2.24, 2.45) is 5.92 Å². The number of anilines is 2. The van der Waals surface area contributed by atoms with E-state index in [9.17, 15) is 9.59 Å². The molecule has 2 amide bonds. The molecule has 2 aromatic rings. The lowest BCUT2D eigenvalue weighted by molar-refractivity contribution is 0.0724. The van der Waals surface area contributed by atoms with E-state index in [1.165, 1.54) is 13.5 Å². The summed E-state index contributed by atoms with van der Waals surface area (Å²) in [5.74, 6) is 1.50. The number of likely N-dealkylation sites (tertiary alicyclic amines) is 1. The minimum absolute atomic E-state index is 0.0476. The van der Waals surface area contributed by atoms with Crippen molar-refractivity contribution >= 4 is 23.2 Å². The number of ether oxygens (including phenoxy) is 2. The summed E-state index contributed by atoms with van der Waals surface area (Å²) in [4.78, 5) is 30.9. The average Bonchev–Trinajstić information content (AvgIpc) is 2.88. The fraction of sp³-hybridized carbons (Fsp3) is 0.481. The summed E-state index contributed by atoms with van der Waals surface area (Å²) in [7, 11) is 3.09. The number of nitrogens with zero attached hydrogens (tertiary/aromatic N) is 2. The number of rotatable bonds is 6. The van der Waals surface area contributed by atoms with E-state index in [0.29, 0.717) is 34.2 Å². The molecule has 0 spiro atoms. The third kappa shape index (κ3) is 5.29. The van der Waals surface area contributed by atoms with Gasteiger partial charge >= 0.3 is 0 Å². The van der Waals surface area contributed by atoms with Crippen LogP contribution in [0.25, 0.3) is 0 Å². The Morgan fingerprint density at radius 1 is 0.882 bits per heavy atom. The first-order chi connectivity index (χ1) is 16.5. The lowest BCUT2D eigenvalue weighted by Gasteiger charge is -2.35. The minimum Gasteiger partial charge on any atom is -0.497 e. The molecule has 182 valence electrons. The number of hydrogen-bond donors (Lipinski definition) is 1. The zero-order chi connectivity index (χ0) is 24.1. The van der Waals surface area contributed by atoms with E-state index in [4.69, 9.17) is 9.47 Å². The SMILES string of the molecule is COc1ccc(C(=O)Nc2ccc(N3CCC(C)CC3)c(C(=O)N3CCCCC3)c2)c(OC)c1. The van der Waals surface area contributed by atoms with Crippen LogP contribution in [0.2, 0.25) is 0 Å². The fourth-order valence-corrected chi connectivity index (χ4v) is 4.76. The van der Waals surface area contributed by atoms with Crippen molar-refractivity contribution < 1.29 is 19.1 Å². The molecule has 7 nitrogen and oxygen atoms in total. The molecule has 2 saturated heterocycles. The maximum absolute atomic E-state index is 13.6. The van der Waals surface area contributed by atoms with Gasteiger partial charge in [-0.2, -0.15) is 0 Å². The van der Waals surface area contributed by atoms with Crippen molar-refractivity contribution in [3.8, 4) is 11.5 Å². The second-order valence-corrected chi connectivity index (χ2v) is 9.27. The summed E-state index contributed by atoms with van der Waals surface area (Å²) in [5, 5.41) is 2.96. The topological polar surface area (TPSA) is 71.1 Å². The van der Waals surface area contributed by atoms with Crippen LogP contribution < -0.4 is 19.7 Å². The number of carbonyl (C=O) groups excluding carboxylic acids is 2. The van der Waals surface area contributed by atoms with E-state index in [-0.39, 0.29) is 11.8 Å². The monoisotopic (exact) mass is 465 g/mol. The van der Waals surface area contributed by atoms with E-state index in [0.717, 1.165) is 57.5 Å². The van der Waals surface area contributed by atoms with E-state index in [1.54, 1.807) is 25.3 Å². The van der Waals surface area contributed by atoms with Gasteiger partial charge in [-0.1, -0.05) is 6.92 Å². The fourth-order valence-electron chi connectivity index (χ4n) is 4.76. The molecule has 4 rings (SSSR count). The summed E-state index contributed by atoms with van der Waals surface area (Å²) in [6, 6.07) is 10.8. The predicted octanol–water partition coefficient (Wildman–Crippen LogP) is 4.82. The molecule has 0 unspecified atom stereocenters. The summed E-state index contributed by atoms with van der Waals surface area (Å²) in [6.07, 6.45) is 5.48. The Morgan fingerprint density at radius 3 is 2.29 bits per heavy atom. The molecule has 0 radical (unpaired) electrons. The molecule has 0 atom stereocenters. The van der Waals surface area contributed by atoms with Crippen molar-refractivity contribution in [2.75, 3.05) is 50.6 Å². The summed E-state index contributed by atoms with van der Waals surface area (Å²) in [5.41, 5.74) is 2.62. The van der Waals surface area contributed by atoms with Gasteiger partial charge in [-0.15, -0.1) is 0 Å². The van der Waals surface area contributed by atoms with Gasteiger partial charge in [0.05, 0.1) is 25.3 Å². The lowest BCUT2D eigenvalue weighted by Crippen LogP contribution is -2.38. The highest BCUT2D eigenvalue weighted by atomic mass is 16.5. The molecular formula is C27H35N3O4. The zero-order valence-corrected chi connectivity index (χ0v) is 20.4. The third-order valence-corrected chi connectivity index (χ3v) is 6.91. The molecule has 1 N–H and O–H groups in total. The zero-order valence-electron chi connectivity index (χ0n) is 20.4. The quantitative estimate of drug-likeness (QED) is 0.662. The highest BCUT2D eigenvalue weighted by Gasteiger charge is 2.26. The highest BCUT2D eigenvalue weighted by Crippen LogP contribution is 2.31. The normalized spacial score (nSPS) is 16.8. The van der Waals surface area contributed by atoms with Crippen LogP contribution in [0.1, 0.15) is 59.7 Å². The van der Waals surface area contributed by atoms with Crippen LogP contribution in [0.4, 0.5) is 11.4 Å². The lowest BCUT2D eigenvalue weighted by atomic mass is 9.97. The second kappa shape index (κ2) is 10.8. The van der Waals surface area contributed by atoms with E-state index < -0.39 is 0 Å². The Balaban J connectivity index is 1.62. The van der Waals surface area contributed by atoms with Gasteiger partial charge in [0.1, 0.15) is 11.5 Å². The largest absolute Gasteiger partial charge is 0.497 e. The van der Waals surface area contributed by atoms with Crippen molar-refractivity contribution in [3.05, 3.63) is 47.5 Å². The number of amides is 2. The number of methoxy groups -OCH3 is 2.